The van der Waals surface area contributed by atoms with Crippen molar-refractivity contribution in [1.82, 2.24) is 0 Å². The molecule has 0 bridgehead atoms. The van der Waals surface area contributed by atoms with Crippen LogP contribution in [0.5, 0.6) is 17.2 Å². The lowest BCUT2D eigenvalue weighted by molar-refractivity contribution is 0.107. The fourth-order valence-electron chi connectivity index (χ4n) is 1.65. The first-order valence-corrected chi connectivity index (χ1v) is 5.24. The number of hydrogen-bond donors (Lipinski definition) is 1. The Hall–Kier alpha value is -1.46. The second-order valence-corrected chi connectivity index (χ2v) is 3.41. The van der Waals surface area contributed by atoms with E-state index in [-0.39, 0.29) is 6.10 Å². The maximum atomic E-state index is 5.65. The highest BCUT2D eigenvalue weighted by atomic mass is 16.5. The van der Waals surface area contributed by atoms with Gasteiger partial charge in [0.25, 0.3) is 0 Å². The Balaban J connectivity index is 3.27. The number of benzene rings is 1. The molecule has 0 heterocycles. The zero-order valence-electron chi connectivity index (χ0n) is 10.6. The van der Waals surface area contributed by atoms with Crippen molar-refractivity contribution in [2.45, 2.75) is 6.10 Å². The molecule has 2 N–H and O–H groups in total. The van der Waals surface area contributed by atoms with E-state index in [0.29, 0.717) is 23.8 Å². The first-order chi connectivity index (χ1) is 8.21. The van der Waals surface area contributed by atoms with Crippen molar-refractivity contribution < 1.29 is 18.9 Å². The molecule has 1 aromatic rings. The maximum Gasteiger partial charge on any atom is 0.164 e. The Morgan fingerprint density at radius 1 is 0.941 bits per heavy atom. The van der Waals surface area contributed by atoms with Crippen molar-refractivity contribution in [3.8, 4) is 17.2 Å². The molecule has 1 unspecified atom stereocenters. The van der Waals surface area contributed by atoms with Gasteiger partial charge in [-0.2, -0.15) is 0 Å². The van der Waals surface area contributed by atoms with E-state index in [1.54, 1.807) is 34.5 Å². The van der Waals surface area contributed by atoms with Crippen molar-refractivity contribution in [2.75, 3.05) is 35.0 Å². The van der Waals surface area contributed by atoms with Gasteiger partial charge in [0.05, 0.1) is 27.4 Å². The summed E-state index contributed by atoms with van der Waals surface area (Å²) in [5.74, 6) is 1.90. The molecule has 0 saturated heterocycles. The van der Waals surface area contributed by atoms with E-state index in [1.807, 2.05) is 6.07 Å². The molecule has 0 aliphatic carbocycles. The number of rotatable bonds is 6. The van der Waals surface area contributed by atoms with Crippen molar-refractivity contribution >= 4 is 0 Å². The lowest BCUT2D eigenvalue weighted by atomic mass is 10.1. The zero-order valence-corrected chi connectivity index (χ0v) is 10.6. The number of methoxy groups -OCH3 is 4. The van der Waals surface area contributed by atoms with Crippen LogP contribution >= 0.6 is 0 Å². The summed E-state index contributed by atoms with van der Waals surface area (Å²) in [5, 5.41) is 0. The molecule has 0 spiro atoms. The van der Waals surface area contributed by atoms with Crippen LogP contribution in [0.3, 0.4) is 0 Å². The number of hydrogen-bond acceptors (Lipinski definition) is 5. The Kier molecular flexibility index (Phi) is 5.06. The quantitative estimate of drug-likeness (QED) is 0.814. The van der Waals surface area contributed by atoms with Crippen LogP contribution in [-0.2, 0) is 4.74 Å². The summed E-state index contributed by atoms with van der Waals surface area (Å²) in [4.78, 5) is 0. The van der Waals surface area contributed by atoms with Gasteiger partial charge < -0.3 is 24.7 Å². The summed E-state index contributed by atoms with van der Waals surface area (Å²) in [6.45, 7) is 0.363. The van der Waals surface area contributed by atoms with Crippen LogP contribution < -0.4 is 19.9 Å². The van der Waals surface area contributed by atoms with Crippen LogP contribution in [0, 0.1) is 0 Å². The Labute approximate surface area is 101 Å². The van der Waals surface area contributed by atoms with Crippen molar-refractivity contribution in [3.05, 3.63) is 17.7 Å². The molecule has 0 aromatic heterocycles. The fourth-order valence-corrected chi connectivity index (χ4v) is 1.65. The minimum Gasteiger partial charge on any atom is -0.496 e. The normalized spacial score (nSPS) is 12.1. The van der Waals surface area contributed by atoms with Crippen molar-refractivity contribution in [1.29, 1.82) is 0 Å². The van der Waals surface area contributed by atoms with Gasteiger partial charge >= 0.3 is 0 Å². The molecule has 1 atom stereocenters. The van der Waals surface area contributed by atoms with Crippen molar-refractivity contribution in [2.24, 2.45) is 5.73 Å². The summed E-state index contributed by atoms with van der Waals surface area (Å²) >= 11 is 0. The van der Waals surface area contributed by atoms with Gasteiger partial charge in [0, 0.05) is 25.3 Å². The minimum atomic E-state index is -0.232. The van der Waals surface area contributed by atoms with Crippen LogP contribution in [0.4, 0.5) is 0 Å². The molecular weight excluding hydrogens is 222 g/mol. The standard InChI is InChI=1S/C12H19NO4/c1-14-9-6-11(16-3)10(15-2)5-8(9)12(7-13)17-4/h5-6,12H,7,13H2,1-4H3. The predicted octanol–water partition coefficient (Wildman–Crippen LogP) is 1.36. The largest absolute Gasteiger partial charge is 0.496 e. The van der Waals surface area contributed by atoms with Crippen molar-refractivity contribution in [3.63, 3.8) is 0 Å². The van der Waals surface area contributed by atoms with Gasteiger partial charge in [0.15, 0.2) is 11.5 Å². The van der Waals surface area contributed by atoms with Crippen LogP contribution in [0.1, 0.15) is 11.7 Å². The summed E-state index contributed by atoms with van der Waals surface area (Å²) in [7, 11) is 6.35. The van der Waals surface area contributed by atoms with Gasteiger partial charge in [-0.25, -0.2) is 0 Å². The van der Waals surface area contributed by atoms with Crippen LogP contribution in [-0.4, -0.2) is 35.0 Å². The maximum absolute atomic E-state index is 5.65. The molecule has 0 fully saturated rings. The minimum absolute atomic E-state index is 0.232. The SMILES string of the molecule is COc1cc(OC)c(C(CN)OC)cc1OC. The van der Waals surface area contributed by atoms with Gasteiger partial charge in [-0.3, -0.25) is 0 Å². The molecule has 5 nitrogen and oxygen atoms in total. The molecule has 5 heteroatoms. The van der Waals surface area contributed by atoms with Gasteiger partial charge in [-0.05, 0) is 6.07 Å². The second kappa shape index (κ2) is 6.32. The molecule has 1 aromatic carbocycles. The third-order valence-electron chi connectivity index (χ3n) is 2.58. The van der Waals surface area contributed by atoms with E-state index in [1.165, 1.54) is 0 Å². The first kappa shape index (κ1) is 13.6. The molecule has 96 valence electrons. The molecule has 0 radical (unpaired) electrons. The summed E-state index contributed by atoms with van der Waals surface area (Å²) in [5.41, 5.74) is 6.49. The number of ether oxygens (including phenoxy) is 4. The molecule has 0 saturated carbocycles. The van der Waals surface area contributed by atoms with Crippen LogP contribution in [0.15, 0.2) is 12.1 Å². The van der Waals surface area contributed by atoms with Crippen LogP contribution in [0.2, 0.25) is 0 Å². The fraction of sp³-hybridized carbons (Fsp3) is 0.500. The molecule has 0 aliphatic rings. The average Bonchev–Trinajstić information content (AvgIpc) is 2.39. The van der Waals surface area contributed by atoms with E-state index in [0.717, 1.165) is 5.56 Å². The van der Waals surface area contributed by atoms with E-state index in [4.69, 9.17) is 24.7 Å². The summed E-state index contributed by atoms with van der Waals surface area (Å²) < 4.78 is 21.0. The highest BCUT2D eigenvalue weighted by molar-refractivity contribution is 5.51. The highest BCUT2D eigenvalue weighted by Gasteiger charge is 2.18. The Bertz CT molecular complexity index is 364. The Morgan fingerprint density at radius 2 is 1.47 bits per heavy atom. The summed E-state index contributed by atoms with van der Waals surface area (Å²) in [6.07, 6.45) is -0.232. The van der Waals surface area contributed by atoms with Gasteiger partial charge in [0.1, 0.15) is 5.75 Å². The zero-order chi connectivity index (χ0) is 12.8. The predicted molar refractivity (Wildman–Crippen MR) is 64.9 cm³/mol. The molecule has 0 aliphatic heterocycles. The smallest absolute Gasteiger partial charge is 0.164 e. The van der Waals surface area contributed by atoms with E-state index < -0.39 is 0 Å². The van der Waals surface area contributed by atoms with Gasteiger partial charge in [0.2, 0.25) is 0 Å². The Morgan fingerprint density at radius 3 is 1.88 bits per heavy atom. The van der Waals surface area contributed by atoms with E-state index in [9.17, 15) is 0 Å². The van der Waals surface area contributed by atoms with E-state index >= 15 is 0 Å². The lowest BCUT2D eigenvalue weighted by Crippen LogP contribution is -2.15. The molecule has 1 rings (SSSR count). The number of nitrogens with two attached hydrogens (primary N) is 1. The van der Waals surface area contributed by atoms with E-state index in [2.05, 4.69) is 0 Å². The van der Waals surface area contributed by atoms with Gasteiger partial charge in [-0.1, -0.05) is 0 Å². The summed E-state index contributed by atoms with van der Waals surface area (Å²) in [6, 6.07) is 3.58. The van der Waals surface area contributed by atoms with Crippen LogP contribution in [0.25, 0.3) is 0 Å². The monoisotopic (exact) mass is 241 g/mol. The van der Waals surface area contributed by atoms with Gasteiger partial charge in [-0.15, -0.1) is 0 Å². The topological polar surface area (TPSA) is 62.9 Å². The molecule has 0 amide bonds. The third kappa shape index (κ3) is 2.81. The molecular formula is C12H19NO4. The third-order valence-corrected chi connectivity index (χ3v) is 2.58. The average molecular weight is 241 g/mol. The second-order valence-electron chi connectivity index (χ2n) is 3.41. The molecule has 17 heavy (non-hydrogen) atoms. The first-order valence-electron chi connectivity index (χ1n) is 5.24. The lowest BCUT2D eigenvalue weighted by Gasteiger charge is -2.19. The highest BCUT2D eigenvalue weighted by Crippen LogP contribution is 2.37.